The lowest BCUT2D eigenvalue weighted by Gasteiger charge is -2.08. The molecule has 3 rings (SSSR count). The zero-order valence-corrected chi connectivity index (χ0v) is 13.3. The van der Waals surface area contributed by atoms with Crippen molar-refractivity contribution >= 4 is 5.91 Å². The third-order valence-electron chi connectivity index (χ3n) is 4.04. The maximum absolute atomic E-state index is 12.5. The average molecular weight is 354 g/mol. The molecule has 1 fully saturated rings. The largest absolute Gasteiger partial charge is 0.417 e. The molecule has 0 spiro atoms. The van der Waals surface area contributed by atoms with E-state index in [0.29, 0.717) is 18.7 Å². The molecule has 1 unspecified atom stereocenters. The van der Waals surface area contributed by atoms with Crippen LogP contribution >= 0.6 is 0 Å². The van der Waals surface area contributed by atoms with Gasteiger partial charge < -0.3 is 10.6 Å². The lowest BCUT2D eigenvalue weighted by molar-refractivity contribution is -0.137. The fourth-order valence-electron chi connectivity index (χ4n) is 2.61. The maximum Gasteiger partial charge on any atom is 0.417 e. The molecule has 10 heteroatoms. The highest BCUT2D eigenvalue weighted by Crippen LogP contribution is 2.28. The van der Waals surface area contributed by atoms with Crippen molar-refractivity contribution in [1.29, 1.82) is 0 Å². The van der Waals surface area contributed by atoms with Crippen LogP contribution in [-0.4, -0.2) is 45.5 Å². The first-order chi connectivity index (χ1) is 11.9. The van der Waals surface area contributed by atoms with Crippen molar-refractivity contribution in [1.82, 2.24) is 30.6 Å². The van der Waals surface area contributed by atoms with Crippen LogP contribution in [0.15, 0.2) is 24.5 Å². The molecule has 2 aromatic heterocycles. The smallest absolute Gasteiger partial charge is 0.351 e. The Balaban J connectivity index is 1.58. The summed E-state index contributed by atoms with van der Waals surface area (Å²) in [4.78, 5) is 15.7. The van der Waals surface area contributed by atoms with E-state index in [1.807, 2.05) is 0 Å². The van der Waals surface area contributed by atoms with E-state index in [1.165, 1.54) is 12.3 Å². The van der Waals surface area contributed by atoms with Crippen molar-refractivity contribution in [2.75, 3.05) is 19.6 Å². The fraction of sp³-hybridized carbons (Fsp3) is 0.467. The van der Waals surface area contributed by atoms with Crippen LogP contribution in [-0.2, 0) is 6.18 Å². The monoisotopic (exact) mass is 354 g/mol. The number of pyridine rings is 1. The molecular weight excluding hydrogens is 337 g/mol. The molecule has 0 saturated carbocycles. The minimum absolute atomic E-state index is 0.0891. The predicted molar refractivity (Wildman–Crippen MR) is 82.1 cm³/mol. The summed E-state index contributed by atoms with van der Waals surface area (Å²) in [6, 6.07) is 2.08. The summed E-state index contributed by atoms with van der Waals surface area (Å²) in [6.45, 7) is 2.51. The minimum atomic E-state index is -4.45. The number of carbonyl (C=O) groups is 1. The number of carbonyl (C=O) groups excluding carboxylic acids is 1. The third-order valence-corrected chi connectivity index (χ3v) is 4.04. The highest BCUT2D eigenvalue weighted by Gasteiger charge is 2.30. The Labute approximate surface area is 141 Å². The molecule has 25 heavy (non-hydrogen) atoms. The molecule has 0 bridgehead atoms. The maximum atomic E-state index is 12.5. The Kier molecular flexibility index (Phi) is 4.98. The van der Waals surface area contributed by atoms with E-state index in [0.717, 1.165) is 36.7 Å². The van der Waals surface area contributed by atoms with E-state index in [4.69, 9.17) is 0 Å². The number of hydrogen-bond acceptors (Lipinski definition) is 5. The van der Waals surface area contributed by atoms with Gasteiger partial charge in [-0.2, -0.15) is 13.2 Å². The van der Waals surface area contributed by atoms with Gasteiger partial charge in [0.2, 0.25) is 0 Å². The number of alkyl halides is 3. The van der Waals surface area contributed by atoms with Crippen molar-refractivity contribution in [2.45, 2.75) is 19.0 Å². The average Bonchev–Trinajstić information content (AvgIpc) is 3.26. The van der Waals surface area contributed by atoms with Crippen LogP contribution in [0.5, 0.6) is 0 Å². The molecule has 1 amide bonds. The summed E-state index contributed by atoms with van der Waals surface area (Å²) in [7, 11) is 0. The summed E-state index contributed by atoms with van der Waals surface area (Å²) in [5, 5.41) is 13.5. The molecule has 0 aromatic carbocycles. The summed E-state index contributed by atoms with van der Waals surface area (Å²) >= 11 is 0. The second kappa shape index (κ2) is 7.18. The van der Waals surface area contributed by atoms with Crippen LogP contribution in [0.2, 0.25) is 0 Å². The van der Waals surface area contributed by atoms with Gasteiger partial charge in [-0.15, -0.1) is 5.10 Å². The second-order valence-electron chi connectivity index (χ2n) is 5.85. The third kappa shape index (κ3) is 4.32. The van der Waals surface area contributed by atoms with E-state index in [9.17, 15) is 18.0 Å². The summed E-state index contributed by atoms with van der Waals surface area (Å²) in [6.07, 6.45) is -0.415. The van der Waals surface area contributed by atoms with Crippen LogP contribution in [0.1, 0.15) is 28.9 Å². The van der Waals surface area contributed by atoms with Crippen molar-refractivity contribution in [3.63, 3.8) is 0 Å². The standard InChI is InChI=1S/C15H17F3N6O/c16-15(17,18)11-1-2-13(21-8-11)24-9-12(22-23-24)14(25)20-6-4-10-3-5-19-7-10/h1-2,8-10,19H,3-7H2,(H,20,25). The van der Waals surface area contributed by atoms with Gasteiger partial charge in [-0.25, -0.2) is 9.67 Å². The van der Waals surface area contributed by atoms with Crippen molar-refractivity contribution in [3.8, 4) is 5.82 Å². The quantitative estimate of drug-likeness (QED) is 0.848. The van der Waals surface area contributed by atoms with Gasteiger partial charge in [0.25, 0.3) is 5.91 Å². The Morgan fingerprint density at radius 2 is 2.24 bits per heavy atom. The van der Waals surface area contributed by atoms with Crippen LogP contribution in [0.25, 0.3) is 5.82 Å². The number of hydrogen-bond donors (Lipinski definition) is 2. The van der Waals surface area contributed by atoms with Crippen molar-refractivity contribution < 1.29 is 18.0 Å². The van der Waals surface area contributed by atoms with E-state index >= 15 is 0 Å². The molecule has 3 heterocycles. The number of nitrogens with one attached hydrogen (secondary N) is 2. The summed E-state index contributed by atoms with van der Waals surface area (Å²) in [5.74, 6) is 0.341. The van der Waals surface area contributed by atoms with Gasteiger partial charge in [0.15, 0.2) is 11.5 Å². The molecule has 1 atom stereocenters. The van der Waals surface area contributed by atoms with Gasteiger partial charge in [0, 0.05) is 12.7 Å². The van der Waals surface area contributed by atoms with Gasteiger partial charge >= 0.3 is 6.18 Å². The van der Waals surface area contributed by atoms with Gasteiger partial charge in [0.1, 0.15) is 0 Å². The number of rotatable bonds is 5. The zero-order valence-electron chi connectivity index (χ0n) is 13.3. The molecular formula is C15H17F3N6O. The van der Waals surface area contributed by atoms with Crippen LogP contribution in [0, 0.1) is 5.92 Å². The van der Waals surface area contributed by atoms with E-state index in [1.54, 1.807) is 0 Å². The van der Waals surface area contributed by atoms with E-state index in [2.05, 4.69) is 25.9 Å². The van der Waals surface area contributed by atoms with E-state index < -0.39 is 11.7 Å². The number of halogens is 3. The molecule has 1 saturated heterocycles. The number of nitrogens with zero attached hydrogens (tertiary/aromatic N) is 4. The predicted octanol–water partition coefficient (Wildman–Crippen LogP) is 1.41. The summed E-state index contributed by atoms with van der Waals surface area (Å²) in [5.41, 5.74) is -0.762. The van der Waals surface area contributed by atoms with Crippen LogP contribution in [0.4, 0.5) is 13.2 Å². The van der Waals surface area contributed by atoms with Crippen molar-refractivity contribution in [2.24, 2.45) is 5.92 Å². The Morgan fingerprint density at radius 3 is 2.88 bits per heavy atom. The zero-order chi connectivity index (χ0) is 17.9. The lowest BCUT2D eigenvalue weighted by atomic mass is 10.1. The van der Waals surface area contributed by atoms with Gasteiger partial charge in [-0.05, 0) is 44.0 Å². The van der Waals surface area contributed by atoms with Gasteiger partial charge in [-0.1, -0.05) is 5.21 Å². The second-order valence-corrected chi connectivity index (χ2v) is 5.85. The Morgan fingerprint density at radius 1 is 1.40 bits per heavy atom. The van der Waals surface area contributed by atoms with Crippen molar-refractivity contribution in [3.05, 3.63) is 35.8 Å². The number of aromatic nitrogens is 4. The Hall–Kier alpha value is -2.49. The highest BCUT2D eigenvalue weighted by atomic mass is 19.4. The van der Waals surface area contributed by atoms with Gasteiger partial charge in [0.05, 0.1) is 11.8 Å². The topological polar surface area (TPSA) is 84.7 Å². The first-order valence-corrected chi connectivity index (χ1v) is 7.88. The molecule has 2 aromatic rings. The van der Waals surface area contributed by atoms with Crippen LogP contribution in [0.3, 0.4) is 0 Å². The molecule has 1 aliphatic rings. The van der Waals surface area contributed by atoms with Crippen LogP contribution < -0.4 is 10.6 Å². The fourth-order valence-corrected chi connectivity index (χ4v) is 2.61. The number of amides is 1. The first-order valence-electron chi connectivity index (χ1n) is 7.88. The summed E-state index contributed by atoms with van der Waals surface area (Å²) < 4.78 is 38.8. The molecule has 1 aliphatic heterocycles. The normalized spacial score (nSPS) is 17.6. The van der Waals surface area contributed by atoms with Gasteiger partial charge in [-0.3, -0.25) is 4.79 Å². The molecule has 2 N–H and O–H groups in total. The SMILES string of the molecule is O=C(NCCC1CCNC1)c1cn(-c2ccc(C(F)(F)F)cn2)nn1. The van der Waals surface area contributed by atoms with E-state index in [-0.39, 0.29) is 17.4 Å². The Bertz CT molecular complexity index is 722. The molecule has 7 nitrogen and oxygen atoms in total. The minimum Gasteiger partial charge on any atom is -0.351 e. The highest BCUT2D eigenvalue weighted by molar-refractivity contribution is 5.91. The molecule has 0 aliphatic carbocycles. The first kappa shape index (κ1) is 17.3. The molecule has 0 radical (unpaired) electrons. The molecule has 134 valence electrons. The lowest BCUT2D eigenvalue weighted by Crippen LogP contribution is -2.26.